The summed E-state index contributed by atoms with van der Waals surface area (Å²) in [6, 6.07) is 12.6. The van der Waals surface area contributed by atoms with Gasteiger partial charge in [0.2, 0.25) is 11.8 Å². The summed E-state index contributed by atoms with van der Waals surface area (Å²) in [6.07, 6.45) is 3.97. The highest BCUT2D eigenvalue weighted by molar-refractivity contribution is 6.25. The van der Waals surface area contributed by atoms with Crippen molar-refractivity contribution < 1.29 is 14.4 Å². The number of para-hydroxylation sites is 1. The number of Topliss-reactive ketones (excluding diaryl/α,β-unsaturated/α-hetero) is 1. The van der Waals surface area contributed by atoms with Gasteiger partial charge in [0.25, 0.3) is 0 Å². The molecule has 2 aromatic carbocycles. The van der Waals surface area contributed by atoms with Crippen LogP contribution in [-0.4, -0.2) is 29.7 Å². The number of hydrogen-bond donors (Lipinski definition) is 0. The van der Waals surface area contributed by atoms with E-state index in [9.17, 15) is 14.4 Å². The predicted molar refractivity (Wildman–Crippen MR) is 112 cm³/mol. The average Bonchev–Trinajstić information content (AvgIpc) is 3.16. The minimum absolute atomic E-state index is 0.0868. The van der Waals surface area contributed by atoms with Gasteiger partial charge in [-0.2, -0.15) is 0 Å². The van der Waals surface area contributed by atoms with E-state index in [4.69, 9.17) is 0 Å². The van der Waals surface area contributed by atoms with Gasteiger partial charge in [0.1, 0.15) is 6.04 Å². The molecule has 2 fully saturated rings. The number of hydrogen-bond acceptors (Lipinski definition) is 4. The van der Waals surface area contributed by atoms with Crippen LogP contribution in [0.1, 0.15) is 23.6 Å². The summed E-state index contributed by atoms with van der Waals surface area (Å²) in [4.78, 5) is 43.0. The Bertz CT molecular complexity index is 1100. The van der Waals surface area contributed by atoms with Crippen molar-refractivity contribution in [2.75, 3.05) is 9.80 Å². The monoisotopic (exact) mass is 386 g/mol. The molecule has 2 saturated heterocycles. The largest absolute Gasteiger partial charge is 0.353 e. The van der Waals surface area contributed by atoms with Crippen LogP contribution in [0.3, 0.4) is 0 Å². The number of amides is 2. The number of benzene rings is 2. The quantitative estimate of drug-likeness (QED) is 0.744. The molecule has 0 spiro atoms. The molecular formula is C24H22N2O3. The van der Waals surface area contributed by atoms with Gasteiger partial charge in [-0.3, -0.25) is 14.4 Å². The van der Waals surface area contributed by atoms with Gasteiger partial charge in [-0.1, -0.05) is 48.0 Å². The van der Waals surface area contributed by atoms with Crippen molar-refractivity contribution in [1.29, 1.82) is 0 Å². The SMILES string of the molecule is CC(=O)[C@@H]1[C@@H]2C(=O)N(c3ccc(C)cc3C)C(=O)[C@@H]2[C@H]2C=Cc3ccccc3N21. The number of carbonyl (C=O) groups is 3. The summed E-state index contributed by atoms with van der Waals surface area (Å²) in [5.74, 6) is -1.79. The highest BCUT2D eigenvalue weighted by Crippen LogP contribution is 2.49. The lowest BCUT2D eigenvalue weighted by atomic mass is 9.88. The van der Waals surface area contributed by atoms with Crippen molar-refractivity contribution in [2.45, 2.75) is 32.9 Å². The maximum Gasteiger partial charge on any atom is 0.240 e. The lowest BCUT2D eigenvalue weighted by molar-refractivity contribution is -0.126. The number of fused-ring (bicyclic) bond motifs is 5. The maximum absolute atomic E-state index is 13.5. The van der Waals surface area contributed by atoms with E-state index in [1.54, 1.807) is 0 Å². The Balaban J connectivity index is 1.63. The normalized spacial score (nSPS) is 27.1. The molecule has 0 radical (unpaired) electrons. The fourth-order valence-electron chi connectivity index (χ4n) is 5.27. The first-order valence-electron chi connectivity index (χ1n) is 9.91. The summed E-state index contributed by atoms with van der Waals surface area (Å²) in [7, 11) is 0. The molecule has 0 aliphatic carbocycles. The van der Waals surface area contributed by atoms with Crippen molar-refractivity contribution in [2.24, 2.45) is 11.8 Å². The summed E-state index contributed by atoms with van der Waals surface area (Å²) in [5, 5.41) is 0. The fourth-order valence-corrected chi connectivity index (χ4v) is 5.27. The van der Waals surface area contributed by atoms with Crippen molar-refractivity contribution in [3.63, 3.8) is 0 Å². The van der Waals surface area contributed by atoms with Crippen LogP contribution in [0.15, 0.2) is 48.5 Å². The van der Waals surface area contributed by atoms with E-state index in [1.165, 1.54) is 11.8 Å². The van der Waals surface area contributed by atoms with Crippen LogP contribution in [0, 0.1) is 25.7 Å². The maximum atomic E-state index is 13.5. The van der Waals surface area contributed by atoms with Crippen LogP contribution in [-0.2, 0) is 14.4 Å². The van der Waals surface area contributed by atoms with Gasteiger partial charge < -0.3 is 4.90 Å². The number of anilines is 2. The molecule has 0 N–H and O–H groups in total. The molecule has 3 heterocycles. The minimum Gasteiger partial charge on any atom is -0.353 e. The molecule has 3 aliphatic rings. The van der Waals surface area contributed by atoms with Crippen LogP contribution >= 0.6 is 0 Å². The lowest BCUT2D eigenvalue weighted by Crippen LogP contribution is -2.48. The number of nitrogens with zero attached hydrogens (tertiary/aromatic N) is 2. The third-order valence-corrected chi connectivity index (χ3v) is 6.42. The number of aryl methyl sites for hydroxylation is 2. The standard InChI is InChI=1S/C24H22N2O3/c1-13-8-10-17(14(2)12-13)26-23(28)20-19-11-9-16-6-4-5-7-18(16)25(19)22(15(3)27)21(20)24(26)29/h4-12,19-22H,1-3H3/t19-,20-,21-,22-/m1/s1. The van der Waals surface area contributed by atoms with Gasteiger partial charge in [0, 0.05) is 5.69 Å². The molecule has 5 rings (SSSR count). The summed E-state index contributed by atoms with van der Waals surface area (Å²) in [5.41, 5.74) is 4.49. The second-order valence-corrected chi connectivity index (χ2v) is 8.22. The molecule has 29 heavy (non-hydrogen) atoms. The number of rotatable bonds is 2. The van der Waals surface area contributed by atoms with E-state index in [0.717, 1.165) is 22.4 Å². The zero-order chi connectivity index (χ0) is 20.4. The summed E-state index contributed by atoms with van der Waals surface area (Å²) >= 11 is 0. The van der Waals surface area contributed by atoms with E-state index in [-0.39, 0.29) is 23.6 Å². The molecule has 0 bridgehead atoms. The molecule has 2 aromatic rings. The smallest absolute Gasteiger partial charge is 0.240 e. The molecule has 2 amide bonds. The molecule has 146 valence electrons. The number of carbonyl (C=O) groups excluding carboxylic acids is 3. The van der Waals surface area contributed by atoms with Crippen molar-refractivity contribution in [3.05, 3.63) is 65.2 Å². The highest BCUT2D eigenvalue weighted by atomic mass is 16.2. The molecule has 0 unspecified atom stereocenters. The van der Waals surface area contributed by atoms with E-state index >= 15 is 0 Å². The Morgan fingerprint density at radius 3 is 2.38 bits per heavy atom. The highest BCUT2D eigenvalue weighted by Gasteiger charge is 2.63. The van der Waals surface area contributed by atoms with Gasteiger partial charge in [-0.15, -0.1) is 0 Å². The average molecular weight is 386 g/mol. The second kappa shape index (κ2) is 6.14. The summed E-state index contributed by atoms with van der Waals surface area (Å²) < 4.78 is 0. The first kappa shape index (κ1) is 17.9. The Morgan fingerprint density at radius 2 is 1.66 bits per heavy atom. The Morgan fingerprint density at radius 1 is 0.931 bits per heavy atom. The molecule has 0 aromatic heterocycles. The van der Waals surface area contributed by atoms with E-state index < -0.39 is 17.9 Å². The third kappa shape index (κ3) is 2.36. The van der Waals surface area contributed by atoms with Gasteiger partial charge in [0.15, 0.2) is 5.78 Å². The summed E-state index contributed by atoms with van der Waals surface area (Å²) in [6.45, 7) is 5.40. The van der Waals surface area contributed by atoms with Gasteiger partial charge in [0.05, 0.1) is 23.6 Å². The first-order chi connectivity index (χ1) is 13.9. The van der Waals surface area contributed by atoms with Crippen LogP contribution < -0.4 is 9.80 Å². The van der Waals surface area contributed by atoms with E-state index in [0.29, 0.717) is 5.69 Å². The number of ketones is 1. The third-order valence-electron chi connectivity index (χ3n) is 6.42. The second-order valence-electron chi connectivity index (χ2n) is 8.22. The minimum atomic E-state index is -0.665. The van der Waals surface area contributed by atoms with Crippen LogP contribution in [0.25, 0.3) is 6.08 Å². The Labute approximate surface area is 169 Å². The molecule has 0 saturated carbocycles. The van der Waals surface area contributed by atoms with Gasteiger partial charge in [-0.05, 0) is 44.0 Å². The van der Waals surface area contributed by atoms with Crippen molar-refractivity contribution in [3.8, 4) is 0 Å². The predicted octanol–water partition coefficient (Wildman–Crippen LogP) is 3.28. The molecular weight excluding hydrogens is 364 g/mol. The first-order valence-corrected chi connectivity index (χ1v) is 9.91. The zero-order valence-electron chi connectivity index (χ0n) is 16.6. The lowest BCUT2D eigenvalue weighted by Gasteiger charge is -2.36. The number of imide groups is 1. The molecule has 4 atom stereocenters. The topological polar surface area (TPSA) is 57.7 Å². The Kier molecular flexibility index (Phi) is 3.78. The fraction of sp³-hybridized carbons (Fsp3) is 0.292. The van der Waals surface area contributed by atoms with Gasteiger partial charge >= 0.3 is 0 Å². The molecule has 5 heteroatoms. The molecule has 3 aliphatic heterocycles. The van der Waals surface area contributed by atoms with Crippen LogP contribution in [0.5, 0.6) is 0 Å². The zero-order valence-corrected chi connectivity index (χ0v) is 16.6. The van der Waals surface area contributed by atoms with E-state index in [1.807, 2.05) is 73.4 Å². The van der Waals surface area contributed by atoms with Crippen molar-refractivity contribution >= 4 is 35.0 Å². The molecule has 5 nitrogen and oxygen atoms in total. The van der Waals surface area contributed by atoms with Crippen molar-refractivity contribution in [1.82, 2.24) is 0 Å². The van der Waals surface area contributed by atoms with Crippen LogP contribution in [0.2, 0.25) is 0 Å². The van der Waals surface area contributed by atoms with Crippen LogP contribution in [0.4, 0.5) is 11.4 Å². The van der Waals surface area contributed by atoms with Gasteiger partial charge in [-0.25, -0.2) is 4.90 Å². The van der Waals surface area contributed by atoms with E-state index in [2.05, 4.69) is 0 Å². The Hall–Kier alpha value is -3.21.